The second kappa shape index (κ2) is 9.87. The van der Waals surface area contributed by atoms with E-state index in [-0.39, 0.29) is 12.5 Å². The molecule has 0 unspecified atom stereocenters. The van der Waals surface area contributed by atoms with Crippen molar-refractivity contribution < 1.29 is 9.72 Å². The standard InChI is InChI=1S/C19H22N6O3S/c1-2-3-4-5-6-14-7-9-15(10-8-14)16-12-29-19(21-16)22-17(26)11-24-13-20-18(23-24)25(27)28/h7-10,12-13H,2-6,11H2,1H3,(H,21,22,26). The van der Waals surface area contributed by atoms with Gasteiger partial charge in [-0.2, -0.15) is 4.68 Å². The van der Waals surface area contributed by atoms with E-state index >= 15 is 0 Å². The van der Waals surface area contributed by atoms with Crippen LogP contribution in [0.4, 0.5) is 11.1 Å². The second-order valence-electron chi connectivity index (χ2n) is 6.59. The molecule has 1 amide bonds. The number of nitrogens with zero attached hydrogens (tertiary/aromatic N) is 5. The Balaban J connectivity index is 1.54. The van der Waals surface area contributed by atoms with E-state index < -0.39 is 10.9 Å². The molecular weight excluding hydrogens is 392 g/mol. The van der Waals surface area contributed by atoms with Crippen LogP contribution in [0.5, 0.6) is 0 Å². The van der Waals surface area contributed by atoms with Gasteiger partial charge in [-0.15, -0.1) is 11.3 Å². The molecule has 2 heterocycles. The van der Waals surface area contributed by atoms with Crippen LogP contribution in [0.25, 0.3) is 11.3 Å². The SMILES string of the molecule is CCCCCCc1ccc(-c2csc(NC(=O)Cn3cnc([N+](=O)[O-])n3)n2)cc1. The highest BCUT2D eigenvalue weighted by Gasteiger charge is 2.16. The van der Waals surface area contributed by atoms with Gasteiger partial charge < -0.3 is 15.4 Å². The van der Waals surface area contributed by atoms with Crippen molar-refractivity contribution in [1.82, 2.24) is 19.7 Å². The highest BCUT2D eigenvalue weighted by Crippen LogP contribution is 2.25. The lowest BCUT2D eigenvalue weighted by Crippen LogP contribution is -2.19. The summed E-state index contributed by atoms with van der Waals surface area (Å²) < 4.78 is 1.11. The molecule has 0 aliphatic carbocycles. The number of carbonyl (C=O) groups is 1. The molecule has 0 saturated carbocycles. The van der Waals surface area contributed by atoms with E-state index in [9.17, 15) is 14.9 Å². The number of aromatic nitrogens is 4. The van der Waals surface area contributed by atoms with Gasteiger partial charge in [-0.1, -0.05) is 55.4 Å². The van der Waals surface area contributed by atoms with E-state index in [4.69, 9.17) is 0 Å². The molecule has 0 radical (unpaired) electrons. The van der Waals surface area contributed by atoms with Crippen LogP contribution in [0, 0.1) is 10.1 Å². The van der Waals surface area contributed by atoms with Crippen molar-refractivity contribution in [3.05, 3.63) is 51.7 Å². The number of amides is 1. The van der Waals surface area contributed by atoms with Crippen LogP contribution in [0.15, 0.2) is 36.0 Å². The molecule has 10 heteroatoms. The van der Waals surface area contributed by atoms with E-state index in [2.05, 4.69) is 39.4 Å². The number of hydrogen-bond acceptors (Lipinski definition) is 7. The molecule has 0 aliphatic rings. The first-order chi connectivity index (χ1) is 14.0. The first kappa shape index (κ1) is 20.6. The zero-order chi connectivity index (χ0) is 20.6. The lowest BCUT2D eigenvalue weighted by molar-refractivity contribution is -0.394. The molecule has 0 aliphatic heterocycles. The third-order valence-electron chi connectivity index (χ3n) is 4.31. The Hall–Kier alpha value is -3.14. The van der Waals surface area contributed by atoms with Crippen LogP contribution in [-0.4, -0.2) is 30.6 Å². The number of anilines is 1. The number of benzene rings is 1. The maximum absolute atomic E-state index is 12.1. The van der Waals surface area contributed by atoms with E-state index in [0.29, 0.717) is 5.13 Å². The zero-order valence-electron chi connectivity index (χ0n) is 16.1. The highest BCUT2D eigenvalue weighted by molar-refractivity contribution is 7.14. The number of nitrogens with one attached hydrogen (secondary N) is 1. The minimum atomic E-state index is -0.710. The first-order valence-corrected chi connectivity index (χ1v) is 10.3. The highest BCUT2D eigenvalue weighted by atomic mass is 32.1. The molecule has 152 valence electrons. The number of aryl methyl sites for hydroxylation is 1. The predicted molar refractivity (Wildman–Crippen MR) is 111 cm³/mol. The summed E-state index contributed by atoms with van der Waals surface area (Å²) in [6, 6.07) is 8.34. The summed E-state index contributed by atoms with van der Waals surface area (Å²) in [6.07, 6.45) is 7.21. The van der Waals surface area contributed by atoms with Gasteiger partial charge in [-0.25, -0.2) is 4.98 Å². The molecule has 0 atom stereocenters. The number of rotatable bonds is 10. The average Bonchev–Trinajstić information content (AvgIpc) is 3.35. The summed E-state index contributed by atoms with van der Waals surface area (Å²) in [4.78, 5) is 29.9. The largest absolute Gasteiger partial charge is 0.490 e. The number of nitro groups is 1. The van der Waals surface area contributed by atoms with E-state index in [1.165, 1.54) is 42.6 Å². The number of carbonyl (C=O) groups excluding carboxylic acids is 1. The van der Waals surface area contributed by atoms with Crippen molar-refractivity contribution in [2.45, 2.75) is 45.6 Å². The summed E-state index contributed by atoms with van der Waals surface area (Å²) in [5, 5.41) is 19.2. The van der Waals surface area contributed by atoms with Crippen molar-refractivity contribution in [1.29, 1.82) is 0 Å². The fraction of sp³-hybridized carbons (Fsp3) is 0.368. The molecule has 0 bridgehead atoms. The maximum Gasteiger partial charge on any atom is 0.490 e. The van der Waals surface area contributed by atoms with Crippen molar-refractivity contribution >= 4 is 28.3 Å². The Bertz CT molecular complexity index is 966. The molecule has 29 heavy (non-hydrogen) atoms. The third-order valence-corrected chi connectivity index (χ3v) is 5.07. The fourth-order valence-corrected chi connectivity index (χ4v) is 3.55. The maximum atomic E-state index is 12.1. The van der Waals surface area contributed by atoms with Crippen LogP contribution in [-0.2, 0) is 17.8 Å². The molecule has 3 aromatic rings. The molecule has 0 fully saturated rings. The lowest BCUT2D eigenvalue weighted by atomic mass is 10.0. The molecule has 3 rings (SSSR count). The summed E-state index contributed by atoms with van der Waals surface area (Å²) in [7, 11) is 0. The van der Waals surface area contributed by atoms with Crippen LogP contribution in [0.1, 0.15) is 38.2 Å². The van der Waals surface area contributed by atoms with Crippen molar-refractivity contribution in [2.75, 3.05) is 5.32 Å². The second-order valence-corrected chi connectivity index (χ2v) is 7.45. The Morgan fingerprint density at radius 2 is 2.03 bits per heavy atom. The fourth-order valence-electron chi connectivity index (χ4n) is 2.81. The molecule has 1 aromatic carbocycles. The van der Waals surface area contributed by atoms with E-state index in [1.54, 1.807) is 0 Å². The van der Waals surface area contributed by atoms with E-state index in [1.807, 2.05) is 17.5 Å². The van der Waals surface area contributed by atoms with Crippen molar-refractivity contribution in [2.24, 2.45) is 0 Å². The summed E-state index contributed by atoms with van der Waals surface area (Å²) in [5.74, 6) is -0.920. The number of unbranched alkanes of at least 4 members (excludes halogenated alkanes) is 3. The van der Waals surface area contributed by atoms with Crippen molar-refractivity contribution in [3.8, 4) is 11.3 Å². The van der Waals surface area contributed by atoms with Crippen LogP contribution in [0.3, 0.4) is 0 Å². The summed E-state index contributed by atoms with van der Waals surface area (Å²) in [6.45, 7) is 2.03. The van der Waals surface area contributed by atoms with Gasteiger partial charge in [0.2, 0.25) is 12.2 Å². The van der Waals surface area contributed by atoms with Gasteiger partial charge in [-0.3, -0.25) is 4.79 Å². The first-order valence-electron chi connectivity index (χ1n) is 9.43. The molecular formula is C19H22N6O3S. The lowest BCUT2D eigenvalue weighted by Gasteiger charge is -2.03. The minimum absolute atomic E-state index is 0.178. The zero-order valence-corrected chi connectivity index (χ0v) is 16.9. The topological polar surface area (TPSA) is 116 Å². The number of thiazole rings is 1. The normalized spacial score (nSPS) is 10.8. The van der Waals surface area contributed by atoms with Gasteiger partial charge >= 0.3 is 5.95 Å². The Kier molecular flexibility index (Phi) is 7.01. The minimum Gasteiger partial charge on any atom is -0.390 e. The Morgan fingerprint density at radius 3 is 2.72 bits per heavy atom. The van der Waals surface area contributed by atoms with Gasteiger partial charge in [-0.05, 0) is 23.3 Å². The molecule has 0 spiro atoms. The van der Waals surface area contributed by atoms with Gasteiger partial charge in [0.05, 0.1) is 5.69 Å². The Morgan fingerprint density at radius 1 is 1.24 bits per heavy atom. The van der Waals surface area contributed by atoms with E-state index in [0.717, 1.165) is 28.7 Å². The van der Waals surface area contributed by atoms with Gasteiger partial charge in [0.15, 0.2) is 5.13 Å². The number of hydrogen-bond donors (Lipinski definition) is 1. The predicted octanol–water partition coefficient (Wildman–Crippen LogP) is 4.07. The smallest absolute Gasteiger partial charge is 0.390 e. The molecule has 2 aromatic heterocycles. The molecule has 1 N–H and O–H groups in total. The van der Waals surface area contributed by atoms with Crippen LogP contribution < -0.4 is 5.32 Å². The third kappa shape index (κ3) is 5.92. The van der Waals surface area contributed by atoms with Crippen LogP contribution in [0.2, 0.25) is 0 Å². The summed E-state index contributed by atoms with van der Waals surface area (Å²) >= 11 is 1.32. The van der Waals surface area contributed by atoms with Crippen molar-refractivity contribution in [3.63, 3.8) is 0 Å². The Labute approximate surface area is 172 Å². The molecule has 9 nitrogen and oxygen atoms in total. The quantitative estimate of drug-likeness (QED) is 0.304. The monoisotopic (exact) mass is 414 g/mol. The van der Waals surface area contributed by atoms with Gasteiger partial charge in [0.1, 0.15) is 6.54 Å². The summed E-state index contributed by atoms with van der Waals surface area (Å²) in [5.41, 5.74) is 3.10. The van der Waals surface area contributed by atoms with Gasteiger partial charge in [0.25, 0.3) is 0 Å². The molecule has 0 saturated heterocycles. The van der Waals surface area contributed by atoms with Crippen LogP contribution >= 0.6 is 11.3 Å². The average molecular weight is 414 g/mol. The van der Waals surface area contributed by atoms with Gasteiger partial charge in [0, 0.05) is 16.0 Å².